The number of nitrogens with zero attached hydrogens (tertiary/aromatic N) is 1. The van der Waals surface area contributed by atoms with E-state index in [1.165, 1.54) is 12.1 Å². The Balaban J connectivity index is 0.00000264. The molecule has 0 unspecified atom stereocenters. The highest BCUT2D eigenvalue weighted by atomic mass is 35.5. The van der Waals surface area contributed by atoms with Crippen molar-refractivity contribution in [3.05, 3.63) is 34.3 Å². The quantitative estimate of drug-likeness (QED) is 0.738. The number of rotatable bonds is 4. The number of hydrogen-bond acceptors (Lipinski definition) is 2. The lowest BCUT2D eigenvalue weighted by atomic mass is 9.93. The van der Waals surface area contributed by atoms with E-state index >= 15 is 0 Å². The van der Waals surface area contributed by atoms with Gasteiger partial charge in [-0.25, -0.2) is 0 Å². The van der Waals surface area contributed by atoms with Gasteiger partial charge in [-0.05, 0) is 30.0 Å². The van der Waals surface area contributed by atoms with E-state index in [9.17, 15) is 13.2 Å². The highest BCUT2D eigenvalue weighted by molar-refractivity contribution is 6.31. The molecular formula is C16H24Cl3F3N2. The van der Waals surface area contributed by atoms with Gasteiger partial charge in [-0.2, -0.15) is 13.2 Å². The molecule has 1 atom stereocenters. The smallest absolute Gasteiger partial charge is 0.314 e. The molecule has 0 aromatic heterocycles. The summed E-state index contributed by atoms with van der Waals surface area (Å²) in [4.78, 5) is 2.26. The summed E-state index contributed by atoms with van der Waals surface area (Å²) in [5, 5.41) is 3.04. The molecule has 0 amide bonds. The standard InChI is InChI=1S/C16H22ClF3N2.2ClH/c1-11(2)9-15(22-7-5-21-6-8-22)12-3-4-14(17)13(10-12)16(18,19)20;;/h3-4,10-11,15,21H,5-9H2,1-2H3;2*1H/t15-;;/m1../s1. The second-order valence-corrected chi connectivity index (χ2v) is 6.58. The second kappa shape index (κ2) is 10.1. The van der Waals surface area contributed by atoms with Crippen LogP contribution >= 0.6 is 36.4 Å². The molecule has 1 aromatic rings. The molecule has 8 heteroatoms. The first kappa shape index (κ1) is 23.8. The topological polar surface area (TPSA) is 15.3 Å². The minimum Gasteiger partial charge on any atom is -0.314 e. The summed E-state index contributed by atoms with van der Waals surface area (Å²) in [5.74, 6) is 0.407. The van der Waals surface area contributed by atoms with Crippen LogP contribution in [0.2, 0.25) is 5.02 Å². The molecule has 1 heterocycles. The Morgan fingerprint density at radius 3 is 2.25 bits per heavy atom. The van der Waals surface area contributed by atoms with E-state index in [0.29, 0.717) is 11.5 Å². The maximum atomic E-state index is 13.1. The maximum Gasteiger partial charge on any atom is 0.417 e. The summed E-state index contributed by atoms with van der Waals surface area (Å²) in [6.45, 7) is 7.62. The van der Waals surface area contributed by atoms with Gasteiger partial charge in [0.25, 0.3) is 0 Å². The molecule has 24 heavy (non-hydrogen) atoms. The van der Waals surface area contributed by atoms with Gasteiger partial charge < -0.3 is 5.32 Å². The van der Waals surface area contributed by atoms with Crippen LogP contribution in [-0.2, 0) is 6.18 Å². The molecule has 140 valence electrons. The number of halogens is 6. The van der Waals surface area contributed by atoms with Crippen molar-refractivity contribution in [2.75, 3.05) is 26.2 Å². The SMILES string of the molecule is CC(C)C[C@H](c1ccc(Cl)c(C(F)(F)F)c1)N1CCNCC1.Cl.Cl. The summed E-state index contributed by atoms with van der Waals surface area (Å²) in [6, 6.07) is 4.32. The van der Waals surface area contributed by atoms with Crippen molar-refractivity contribution in [3.63, 3.8) is 0 Å². The molecule has 0 spiro atoms. The number of alkyl halides is 3. The van der Waals surface area contributed by atoms with Crippen LogP contribution in [0.3, 0.4) is 0 Å². The van der Waals surface area contributed by atoms with E-state index in [4.69, 9.17) is 11.6 Å². The van der Waals surface area contributed by atoms with Gasteiger partial charge in [0.2, 0.25) is 0 Å². The van der Waals surface area contributed by atoms with Crippen LogP contribution in [0, 0.1) is 5.92 Å². The summed E-state index contributed by atoms with van der Waals surface area (Å²) in [6.07, 6.45) is -3.59. The molecule has 1 saturated heterocycles. The van der Waals surface area contributed by atoms with Gasteiger partial charge in [-0.3, -0.25) is 4.90 Å². The maximum absolute atomic E-state index is 13.1. The zero-order valence-corrected chi connectivity index (χ0v) is 16.1. The first-order chi connectivity index (χ1) is 10.3. The Morgan fingerprint density at radius 2 is 1.75 bits per heavy atom. The number of nitrogens with one attached hydrogen (secondary N) is 1. The van der Waals surface area contributed by atoms with E-state index in [1.54, 1.807) is 6.07 Å². The molecular weight excluding hydrogens is 384 g/mol. The van der Waals surface area contributed by atoms with Crippen molar-refractivity contribution in [2.45, 2.75) is 32.5 Å². The highest BCUT2D eigenvalue weighted by Gasteiger charge is 2.34. The predicted octanol–water partition coefficient (Wildman–Crippen LogP) is 5.19. The van der Waals surface area contributed by atoms with Crippen molar-refractivity contribution in [1.82, 2.24) is 10.2 Å². The van der Waals surface area contributed by atoms with E-state index in [2.05, 4.69) is 24.1 Å². The fraction of sp³-hybridized carbons (Fsp3) is 0.625. The third-order valence-corrected chi connectivity index (χ3v) is 4.30. The first-order valence-electron chi connectivity index (χ1n) is 7.60. The number of benzene rings is 1. The van der Waals surface area contributed by atoms with E-state index in [1.807, 2.05) is 0 Å². The Hall–Kier alpha value is -0.200. The molecule has 1 aromatic carbocycles. The Bertz CT molecular complexity index is 504. The lowest BCUT2D eigenvalue weighted by molar-refractivity contribution is -0.137. The average Bonchev–Trinajstić information content (AvgIpc) is 2.45. The third-order valence-electron chi connectivity index (χ3n) is 3.97. The van der Waals surface area contributed by atoms with Crippen LogP contribution in [0.5, 0.6) is 0 Å². The summed E-state index contributed by atoms with van der Waals surface area (Å²) in [5.41, 5.74) is -0.0390. The largest absolute Gasteiger partial charge is 0.417 e. The lowest BCUT2D eigenvalue weighted by Gasteiger charge is -2.36. The summed E-state index contributed by atoms with van der Waals surface area (Å²) >= 11 is 5.73. The molecule has 0 radical (unpaired) electrons. The summed E-state index contributed by atoms with van der Waals surface area (Å²) in [7, 11) is 0. The van der Waals surface area contributed by atoms with E-state index in [0.717, 1.165) is 32.6 Å². The van der Waals surface area contributed by atoms with Crippen LogP contribution < -0.4 is 5.32 Å². The Labute approximate surface area is 158 Å². The van der Waals surface area contributed by atoms with Gasteiger partial charge in [0.1, 0.15) is 0 Å². The van der Waals surface area contributed by atoms with Crippen LogP contribution in [0.25, 0.3) is 0 Å². The van der Waals surface area contributed by atoms with E-state index < -0.39 is 11.7 Å². The van der Waals surface area contributed by atoms with Gasteiger partial charge in [-0.1, -0.05) is 31.5 Å². The van der Waals surface area contributed by atoms with Gasteiger partial charge in [0, 0.05) is 32.2 Å². The van der Waals surface area contributed by atoms with E-state index in [-0.39, 0.29) is 35.9 Å². The molecule has 0 saturated carbocycles. The zero-order chi connectivity index (χ0) is 16.3. The predicted molar refractivity (Wildman–Crippen MR) is 97.6 cm³/mol. The first-order valence-corrected chi connectivity index (χ1v) is 7.98. The van der Waals surface area contributed by atoms with Crippen LogP contribution in [0.4, 0.5) is 13.2 Å². The Morgan fingerprint density at radius 1 is 1.17 bits per heavy atom. The highest BCUT2D eigenvalue weighted by Crippen LogP contribution is 2.38. The monoisotopic (exact) mass is 406 g/mol. The van der Waals surface area contributed by atoms with Gasteiger partial charge >= 0.3 is 6.18 Å². The number of hydrogen-bond donors (Lipinski definition) is 1. The van der Waals surface area contributed by atoms with Gasteiger partial charge in [0.15, 0.2) is 0 Å². The number of piperazine rings is 1. The molecule has 2 nitrogen and oxygen atoms in total. The van der Waals surface area contributed by atoms with Crippen molar-refractivity contribution in [3.8, 4) is 0 Å². The van der Waals surface area contributed by atoms with Crippen LogP contribution in [-0.4, -0.2) is 31.1 Å². The average molecular weight is 408 g/mol. The molecule has 1 aliphatic heterocycles. The van der Waals surface area contributed by atoms with Crippen molar-refractivity contribution >= 4 is 36.4 Å². The fourth-order valence-electron chi connectivity index (χ4n) is 2.90. The summed E-state index contributed by atoms with van der Waals surface area (Å²) < 4.78 is 39.3. The van der Waals surface area contributed by atoms with Crippen molar-refractivity contribution in [1.29, 1.82) is 0 Å². The van der Waals surface area contributed by atoms with Gasteiger partial charge in [-0.15, -0.1) is 24.8 Å². The van der Waals surface area contributed by atoms with Gasteiger partial charge in [0.05, 0.1) is 10.6 Å². The second-order valence-electron chi connectivity index (χ2n) is 6.17. The molecule has 0 aliphatic carbocycles. The Kier molecular flexibility index (Phi) is 9.99. The minimum atomic E-state index is -4.42. The van der Waals surface area contributed by atoms with Crippen LogP contribution in [0.1, 0.15) is 37.4 Å². The third kappa shape index (κ3) is 6.26. The minimum absolute atomic E-state index is 0. The lowest BCUT2D eigenvalue weighted by Crippen LogP contribution is -2.45. The van der Waals surface area contributed by atoms with Crippen LogP contribution in [0.15, 0.2) is 18.2 Å². The molecule has 0 bridgehead atoms. The molecule has 1 N–H and O–H groups in total. The molecule has 1 fully saturated rings. The van der Waals surface area contributed by atoms with Crippen molar-refractivity contribution in [2.24, 2.45) is 5.92 Å². The normalized spacial score (nSPS) is 17.1. The molecule has 1 aliphatic rings. The fourth-order valence-corrected chi connectivity index (χ4v) is 3.13. The van der Waals surface area contributed by atoms with Crippen molar-refractivity contribution < 1.29 is 13.2 Å². The zero-order valence-electron chi connectivity index (χ0n) is 13.7. The molecule has 2 rings (SSSR count).